The van der Waals surface area contributed by atoms with Gasteiger partial charge in [-0.3, -0.25) is 4.68 Å². The molecule has 6 heteroatoms. The number of nitrogens with zero attached hydrogens (tertiary/aromatic N) is 4. The third kappa shape index (κ3) is 3.75. The second kappa shape index (κ2) is 7.66. The topological polar surface area (TPSA) is 64.9 Å². The van der Waals surface area contributed by atoms with Gasteiger partial charge in [0, 0.05) is 44.9 Å². The van der Waals surface area contributed by atoms with Crippen LogP contribution in [-0.4, -0.2) is 32.9 Å². The first-order chi connectivity index (χ1) is 12.8. The van der Waals surface area contributed by atoms with Crippen LogP contribution in [0.25, 0.3) is 0 Å². The van der Waals surface area contributed by atoms with Gasteiger partial charge in [-0.1, -0.05) is 30.3 Å². The lowest BCUT2D eigenvalue weighted by molar-refractivity contribution is 0.0866. The maximum absolute atomic E-state index is 5.95. The van der Waals surface area contributed by atoms with Gasteiger partial charge in [0.1, 0.15) is 17.7 Å². The van der Waals surface area contributed by atoms with Crippen molar-refractivity contribution in [3.05, 3.63) is 71.9 Å². The summed E-state index contributed by atoms with van der Waals surface area (Å²) in [6.45, 7) is 1.60. The van der Waals surface area contributed by atoms with Crippen molar-refractivity contribution in [3.8, 4) is 0 Å². The lowest BCUT2D eigenvalue weighted by Crippen LogP contribution is -2.20. The molecular weight excluding hydrogens is 326 g/mol. The van der Waals surface area contributed by atoms with E-state index in [1.807, 2.05) is 54.5 Å². The number of anilines is 1. The molecule has 0 unspecified atom stereocenters. The maximum Gasteiger partial charge on any atom is 0.135 e. The van der Waals surface area contributed by atoms with Gasteiger partial charge in [0.05, 0.1) is 5.69 Å². The number of ether oxygens (including phenoxy) is 1. The van der Waals surface area contributed by atoms with Crippen molar-refractivity contribution < 1.29 is 4.74 Å². The van der Waals surface area contributed by atoms with Gasteiger partial charge in [-0.05, 0) is 24.1 Å². The Balaban J connectivity index is 1.40. The van der Waals surface area contributed by atoms with E-state index in [0.29, 0.717) is 5.92 Å². The normalized spacial score (nSPS) is 19.6. The Morgan fingerprint density at radius 3 is 2.85 bits per heavy atom. The van der Waals surface area contributed by atoms with Crippen molar-refractivity contribution in [1.82, 2.24) is 19.7 Å². The van der Waals surface area contributed by atoms with Crippen molar-refractivity contribution >= 4 is 5.82 Å². The zero-order chi connectivity index (χ0) is 17.8. The second-order valence-corrected chi connectivity index (χ2v) is 6.62. The van der Waals surface area contributed by atoms with E-state index in [4.69, 9.17) is 4.74 Å². The first kappa shape index (κ1) is 16.7. The van der Waals surface area contributed by atoms with Crippen LogP contribution in [0.5, 0.6) is 0 Å². The lowest BCUT2D eigenvalue weighted by atomic mass is 9.99. The predicted molar refractivity (Wildman–Crippen MR) is 99.8 cm³/mol. The summed E-state index contributed by atoms with van der Waals surface area (Å²) in [5.74, 6) is 2.09. The molecule has 1 aliphatic heterocycles. The fourth-order valence-electron chi connectivity index (χ4n) is 3.43. The summed E-state index contributed by atoms with van der Waals surface area (Å²) in [6, 6.07) is 14.2. The van der Waals surface area contributed by atoms with Crippen LogP contribution in [0.1, 0.15) is 29.6 Å². The molecule has 0 aliphatic carbocycles. The summed E-state index contributed by atoms with van der Waals surface area (Å²) in [7, 11) is 1.96. The SMILES string of the molecule is Cn1nccc1[C@@H]1OCC[C@H]1CNc1ccnc(Cc2ccccc2)n1. The van der Waals surface area contributed by atoms with Crippen LogP contribution < -0.4 is 5.32 Å². The van der Waals surface area contributed by atoms with E-state index in [9.17, 15) is 0 Å². The fraction of sp³-hybridized carbons (Fsp3) is 0.350. The highest BCUT2D eigenvalue weighted by atomic mass is 16.5. The Morgan fingerprint density at radius 2 is 2.04 bits per heavy atom. The van der Waals surface area contributed by atoms with Gasteiger partial charge in [0.2, 0.25) is 0 Å². The summed E-state index contributed by atoms with van der Waals surface area (Å²) in [6.07, 6.45) is 5.49. The average Bonchev–Trinajstić information content (AvgIpc) is 3.29. The molecule has 1 N–H and O–H groups in total. The minimum atomic E-state index is 0.0839. The van der Waals surface area contributed by atoms with Gasteiger partial charge in [0.25, 0.3) is 0 Å². The average molecular weight is 349 g/mol. The van der Waals surface area contributed by atoms with Crippen LogP contribution in [0.15, 0.2) is 54.9 Å². The van der Waals surface area contributed by atoms with E-state index in [1.165, 1.54) is 5.56 Å². The zero-order valence-electron chi connectivity index (χ0n) is 14.9. The molecule has 4 rings (SSSR count). The van der Waals surface area contributed by atoms with E-state index in [1.54, 1.807) is 0 Å². The van der Waals surface area contributed by atoms with Crippen LogP contribution in [0.4, 0.5) is 5.82 Å². The molecule has 26 heavy (non-hydrogen) atoms. The van der Waals surface area contributed by atoms with E-state index in [2.05, 4.69) is 32.5 Å². The molecule has 1 aromatic carbocycles. The number of aromatic nitrogens is 4. The summed E-state index contributed by atoms with van der Waals surface area (Å²) in [5, 5.41) is 7.72. The van der Waals surface area contributed by atoms with Gasteiger partial charge in [-0.15, -0.1) is 0 Å². The molecule has 1 saturated heterocycles. The Labute approximate surface area is 153 Å². The fourth-order valence-corrected chi connectivity index (χ4v) is 3.43. The number of hydrogen-bond donors (Lipinski definition) is 1. The highest BCUT2D eigenvalue weighted by Crippen LogP contribution is 2.34. The molecule has 3 aromatic rings. The molecule has 134 valence electrons. The molecular formula is C20H23N5O. The number of rotatable bonds is 6. The molecule has 0 spiro atoms. The van der Waals surface area contributed by atoms with Crippen molar-refractivity contribution in [2.75, 3.05) is 18.5 Å². The monoisotopic (exact) mass is 349 g/mol. The standard InChI is InChI=1S/C20H23N5O/c1-25-17(7-11-23-25)20-16(9-12-26-20)14-22-18-8-10-21-19(24-18)13-15-5-3-2-4-6-15/h2-8,10-11,16,20H,9,12-14H2,1H3,(H,21,22,24)/t16-,20+/m0/s1. The van der Waals surface area contributed by atoms with Crippen LogP contribution in [0.3, 0.4) is 0 Å². The first-order valence-corrected chi connectivity index (χ1v) is 8.99. The molecule has 2 aromatic heterocycles. The number of nitrogens with one attached hydrogen (secondary N) is 1. The molecule has 0 bridgehead atoms. The van der Waals surface area contributed by atoms with Crippen molar-refractivity contribution in [2.24, 2.45) is 13.0 Å². The highest BCUT2D eigenvalue weighted by Gasteiger charge is 2.31. The van der Waals surface area contributed by atoms with Crippen LogP contribution in [0, 0.1) is 5.92 Å². The summed E-state index contributed by atoms with van der Waals surface area (Å²) >= 11 is 0. The Kier molecular flexibility index (Phi) is 4.93. The molecule has 0 amide bonds. The largest absolute Gasteiger partial charge is 0.372 e. The molecule has 1 fully saturated rings. The molecule has 0 radical (unpaired) electrons. The zero-order valence-corrected chi connectivity index (χ0v) is 14.9. The Hall–Kier alpha value is -2.73. The van der Waals surface area contributed by atoms with Crippen LogP contribution in [0.2, 0.25) is 0 Å². The quantitative estimate of drug-likeness (QED) is 0.741. The summed E-state index contributed by atoms with van der Waals surface area (Å²) in [4.78, 5) is 9.05. The van der Waals surface area contributed by atoms with Crippen molar-refractivity contribution in [1.29, 1.82) is 0 Å². The Bertz CT molecular complexity index is 848. The minimum Gasteiger partial charge on any atom is -0.372 e. The van der Waals surface area contributed by atoms with E-state index in [-0.39, 0.29) is 6.10 Å². The first-order valence-electron chi connectivity index (χ1n) is 8.99. The summed E-state index contributed by atoms with van der Waals surface area (Å²) in [5.41, 5.74) is 2.34. The number of hydrogen-bond acceptors (Lipinski definition) is 5. The Morgan fingerprint density at radius 1 is 1.15 bits per heavy atom. The van der Waals surface area contributed by atoms with Gasteiger partial charge < -0.3 is 10.1 Å². The minimum absolute atomic E-state index is 0.0839. The third-order valence-corrected chi connectivity index (χ3v) is 4.82. The molecule has 3 heterocycles. The predicted octanol–water partition coefficient (Wildman–Crippen LogP) is 2.99. The lowest BCUT2D eigenvalue weighted by Gasteiger charge is -2.19. The van der Waals surface area contributed by atoms with Crippen LogP contribution in [-0.2, 0) is 18.2 Å². The molecule has 6 nitrogen and oxygen atoms in total. The number of aryl methyl sites for hydroxylation is 1. The van der Waals surface area contributed by atoms with Gasteiger partial charge in [0.15, 0.2) is 0 Å². The highest BCUT2D eigenvalue weighted by molar-refractivity contribution is 5.34. The molecule has 1 aliphatic rings. The molecule has 2 atom stereocenters. The van der Waals surface area contributed by atoms with Crippen molar-refractivity contribution in [2.45, 2.75) is 18.9 Å². The van der Waals surface area contributed by atoms with Gasteiger partial charge >= 0.3 is 0 Å². The molecule has 0 saturated carbocycles. The van der Waals surface area contributed by atoms with E-state index in [0.717, 1.165) is 43.3 Å². The maximum atomic E-state index is 5.95. The smallest absolute Gasteiger partial charge is 0.135 e. The van der Waals surface area contributed by atoms with E-state index >= 15 is 0 Å². The van der Waals surface area contributed by atoms with Crippen molar-refractivity contribution in [3.63, 3.8) is 0 Å². The second-order valence-electron chi connectivity index (χ2n) is 6.62. The van der Waals surface area contributed by atoms with Gasteiger partial charge in [-0.25, -0.2) is 9.97 Å². The van der Waals surface area contributed by atoms with E-state index < -0.39 is 0 Å². The third-order valence-electron chi connectivity index (χ3n) is 4.82. The van der Waals surface area contributed by atoms with Crippen LogP contribution >= 0.6 is 0 Å². The number of benzene rings is 1. The van der Waals surface area contributed by atoms with Gasteiger partial charge in [-0.2, -0.15) is 5.10 Å². The summed E-state index contributed by atoms with van der Waals surface area (Å²) < 4.78 is 7.84.